The molecule has 66 heavy (non-hydrogen) atoms. The van der Waals surface area contributed by atoms with E-state index in [2.05, 4.69) is 34.2 Å². The third-order valence-electron chi connectivity index (χ3n) is 12.6. The van der Waals surface area contributed by atoms with Gasteiger partial charge in [-0.25, -0.2) is 9.97 Å². The van der Waals surface area contributed by atoms with Gasteiger partial charge in [-0.3, -0.25) is 19.4 Å². The van der Waals surface area contributed by atoms with E-state index in [0.717, 1.165) is 82.1 Å². The van der Waals surface area contributed by atoms with E-state index in [1.807, 2.05) is 133 Å². The van der Waals surface area contributed by atoms with Crippen LogP contribution in [0.15, 0.2) is 109 Å². The second-order valence-corrected chi connectivity index (χ2v) is 17.4. The molecule has 4 heterocycles. The summed E-state index contributed by atoms with van der Waals surface area (Å²) in [4.78, 5) is 53.1. The first kappa shape index (κ1) is 46.2. The summed E-state index contributed by atoms with van der Waals surface area (Å²) < 4.78 is 23.9. The Bertz CT molecular complexity index is 2530. The number of likely N-dealkylation sites (N-methyl/N-ethyl adjacent to an activating group) is 2. The van der Waals surface area contributed by atoms with E-state index in [-0.39, 0.29) is 36.5 Å². The Morgan fingerprint density at radius 3 is 1.52 bits per heavy atom. The van der Waals surface area contributed by atoms with Crippen molar-refractivity contribution in [3.8, 4) is 45.1 Å². The maximum absolute atomic E-state index is 14.2. The van der Waals surface area contributed by atoms with E-state index in [1.54, 1.807) is 14.2 Å². The highest BCUT2D eigenvalue weighted by molar-refractivity contribution is 5.85. The lowest BCUT2D eigenvalue weighted by Gasteiger charge is -2.31. The standard InChI is InChI=1S/C52H62N8O6/c1-57(2)45(37-15-9-7-10-16-37)51(61)59-27-13-19-43(59)49-53-33-41(55-49)36-23-21-35(22-24-36)39-25-26-40(48(66-32-30-64-6)47(39)65-31-29-63-5)42-34-54-50(56-42)44-20-14-28-60(44)52(62)46(58(3)4)38-17-11-8-12-18-38/h7-12,15-18,21-26,33-34,43-46H,13-14,19-20,27-32H2,1-6H3,(H,53,55)(H,54,56)/t43-,44-,45+,46+/m0/s1. The van der Waals surface area contributed by atoms with Gasteiger partial charge in [0.25, 0.3) is 0 Å². The fraction of sp³-hybridized carbons (Fsp3) is 0.385. The summed E-state index contributed by atoms with van der Waals surface area (Å²) in [5, 5.41) is 0. The van der Waals surface area contributed by atoms with Gasteiger partial charge < -0.3 is 38.7 Å². The van der Waals surface area contributed by atoms with E-state index >= 15 is 0 Å². The zero-order valence-electron chi connectivity index (χ0n) is 38.9. The Kier molecular flexibility index (Phi) is 14.9. The summed E-state index contributed by atoms with van der Waals surface area (Å²) in [6, 6.07) is 31.1. The number of nitrogens with one attached hydrogen (secondary N) is 2. The van der Waals surface area contributed by atoms with Crippen LogP contribution >= 0.6 is 0 Å². The minimum atomic E-state index is -0.408. The van der Waals surface area contributed by atoms with Crippen molar-refractivity contribution in [2.24, 2.45) is 0 Å². The summed E-state index contributed by atoms with van der Waals surface area (Å²) in [5.41, 5.74) is 7.06. The average molecular weight is 895 g/mol. The van der Waals surface area contributed by atoms with Crippen molar-refractivity contribution < 1.29 is 28.5 Å². The summed E-state index contributed by atoms with van der Waals surface area (Å²) in [6.45, 7) is 2.68. The summed E-state index contributed by atoms with van der Waals surface area (Å²) >= 11 is 0. The van der Waals surface area contributed by atoms with Gasteiger partial charge in [0.1, 0.15) is 36.9 Å². The molecule has 2 saturated heterocycles. The maximum Gasteiger partial charge on any atom is 0.245 e. The third kappa shape index (κ3) is 9.92. The van der Waals surface area contributed by atoms with Crippen LogP contribution in [0.4, 0.5) is 0 Å². The number of hydrogen-bond donors (Lipinski definition) is 2. The van der Waals surface area contributed by atoms with E-state index in [1.165, 1.54) is 0 Å². The Balaban J connectivity index is 1.06. The van der Waals surface area contributed by atoms with Crippen molar-refractivity contribution in [1.29, 1.82) is 0 Å². The number of benzene rings is 4. The van der Waals surface area contributed by atoms with Crippen LogP contribution in [0.1, 0.15) is 72.6 Å². The predicted molar refractivity (Wildman–Crippen MR) is 255 cm³/mol. The van der Waals surface area contributed by atoms with Crippen molar-refractivity contribution >= 4 is 11.8 Å². The molecule has 0 spiro atoms. The summed E-state index contributed by atoms with van der Waals surface area (Å²) in [6.07, 6.45) is 7.10. The van der Waals surface area contributed by atoms with E-state index < -0.39 is 6.04 Å². The lowest BCUT2D eigenvalue weighted by Crippen LogP contribution is -2.40. The predicted octanol–water partition coefficient (Wildman–Crippen LogP) is 8.12. The van der Waals surface area contributed by atoms with Crippen LogP contribution in [0.3, 0.4) is 0 Å². The van der Waals surface area contributed by atoms with Gasteiger partial charge in [-0.15, -0.1) is 0 Å². The number of aromatic amines is 2. The highest BCUT2D eigenvalue weighted by atomic mass is 16.5. The van der Waals surface area contributed by atoms with Crippen LogP contribution < -0.4 is 9.47 Å². The van der Waals surface area contributed by atoms with Gasteiger partial charge in [-0.1, -0.05) is 84.9 Å². The van der Waals surface area contributed by atoms with Crippen LogP contribution in [0, 0.1) is 0 Å². The molecular weight excluding hydrogens is 833 g/mol. The number of rotatable bonds is 19. The quantitative estimate of drug-likeness (QED) is 0.0767. The first-order valence-electron chi connectivity index (χ1n) is 22.8. The molecule has 4 atom stereocenters. The molecular formula is C52H62N8O6. The molecule has 6 aromatic rings. The monoisotopic (exact) mass is 894 g/mol. The zero-order valence-corrected chi connectivity index (χ0v) is 38.9. The second kappa shape index (κ2) is 21.3. The van der Waals surface area contributed by atoms with Gasteiger partial charge in [0.15, 0.2) is 11.5 Å². The molecule has 14 nitrogen and oxygen atoms in total. The number of ether oxygens (including phenoxy) is 4. The molecule has 8 rings (SSSR count). The molecule has 2 aromatic heterocycles. The van der Waals surface area contributed by atoms with Crippen LogP contribution in [0.25, 0.3) is 33.6 Å². The van der Waals surface area contributed by atoms with Crippen molar-refractivity contribution in [1.82, 2.24) is 39.5 Å². The van der Waals surface area contributed by atoms with Gasteiger partial charge in [-0.05, 0) is 88.3 Å². The molecule has 2 aliphatic heterocycles. The number of aromatic nitrogens is 4. The number of carbonyl (C=O) groups is 2. The number of methoxy groups -OCH3 is 2. The molecule has 4 aromatic carbocycles. The SMILES string of the molecule is COCCOc1c(-c2ccc(-c3cnc([C@@H]4CCCN4C(=O)[C@@H](c4ccccc4)N(C)C)[nH]3)cc2)ccc(-c2cnc([C@@H]3CCCN3C(=O)[C@@H](c3ccccc3)N(C)C)[nH]2)c1OCCOC. The van der Waals surface area contributed by atoms with Crippen LogP contribution in [-0.4, -0.2) is 133 Å². The molecule has 2 amide bonds. The lowest BCUT2D eigenvalue weighted by atomic mass is 9.98. The first-order valence-corrected chi connectivity index (χ1v) is 22.8. The topological polar surface area (TPSA) is 141 Å². The molecule has 0 radical (unpaired) electrons. The van der Waals surface area contributed by atoms with Crippen molar-refractivity contribution in [3.05, 3.63) is 132 Å². The molecule has 2 N–H and O–H groups in total. The lowest BCUT2D eigenvalue weighted by molar-refractivity contribution is -0.138. The van der Waals surface area contributed by atoms with Crippen LogP contribution in [0.5, 0.6) is 11.5 Å². The Hall–Kier alpha value is -6.32. The van der Waals surface area contributed by atoms with E-state index in [9.17, 15) is 9.59 Å². The molecule has 0 aliphatic carbocycles. The van der Waals surface area contributed by atoms with E-state index in [4.69, 9.17) is 28.9 Å². The number of imidazole rings is 2. The zero-order chi connectivity index (χ0) is 46.2. The average Bonchev–Trinajstić information content (AvgIpc) is 4.18. The van der Waals surface area contributed by atoms with Crippen LogP contribution in [0.2, 0.25) is 0 Å². The molecule has 0 bridgehead atoms. The molecule has 2 aliphatic rings. The van der Waals surface area contributed by atoms with Crippen LogP contribution in [-0.2, 0) is 19.1 Å². The van der Waals surface area contributed by atoms with Crippen molar-refractivity contribution in [2.45, 2.75) is 49.9 Å². The third-order valence-corrected chi connectivity index (χ3v) is 12.6. The first-order chi connectivity index (χ1) is 32.2. The van der Waals surface area contributed by atoms with Crippen molar-refractivity contribution in [2.75, 3.05) is 81.9 Å². The largest absolute Gasteiger partial charge is 0.487 e. The number of likely N-dealkylation sites (tertiary alicyclic amines) is 2. The van der Waals surface area contributed by atoms with Gasteiger partial charge in [0.05, 0.1) is 49.1 Å². The number of H-pyrrole nitrogens is 2. The number of amides is 2. The minimum Gasteiger partial charge on any atom is -0.487 e. The maximum atomic E-state index is 14.2. The van der Waals surface area contributed by atoms with Crippen molar-refractivity contribution in [3.63, 3.8) is 0 Å². The van der Waals surface area contributed by atoms with Gasteiger partial charge in [-0.2, -0.15) is 0 Å². The number of nitrogens with zero attached hydrogens (tertiary/aromatic N) is 6. The second-order valence-electron chi connectivity index (χ2n) is 17.4. The van der Waals surface area contributed by atoms with Gasteiger partial charge >= 0.3 is 0 Å². The summed E-state index contributed by atoms with van der Waals surface area (Å²) in [7, 11) is 11.1. The molecule has 0 saturated carbocycles. The molecule has 14 heteroatoms. The fourth-order valence-corrected chi connectivity index (χ4v) is 9.41. The smallest absolute Gasteiger partial charge is 0.245 e. The van der Waals surface area contributed by atoms with Gasteiger partial charge in [0.2, 0.25) is 11.8 Å². The fourth-order valence-electron chi connectivity index (χ4n) is 9.41. The highest BCUT2D eigenvalue weighted by Gasteiger charge is 2.39. The Labute approximate surface area is 387 Å². The molecule has 0 unspecified atom stereocenters. The summed E-state index contributed by atoms with van der Waals surface area (Å²) in [5.74, 6) is 2.76. The number of carbonyl (C=O) groups excluding carboxylic acids is 2. The Morgan fingerprint density at radius 1 is 0.591 bits per heavy atom. The van der Waals surface area contributed by atoms with Gasteiger partial charge in [0, 0.05) is 38.4 Å². The molecule has 2 fully saturated rings. The van der Waals surface area contributed by atoms with E-state index in [0.29, 0.717) is 44.4 Å². The highest BCUT2D eigenvalue weighted by Crippen LogP contribution is 2.46. The number of hydrogen-bond acceptors (Lipinski definition) is 10. The molecule has 346 valence electrons. The normalized spacial score (nSPS) is 17.2. The Morgan fingerprint density at radius 2 is 1.03 bits per heavy atom. The minimum absolute atomic E-state index is 0.0530.